The van der Waals surface area contributed by atoms with Gasteiger partial charge < -0.3 is 30.2 Å². The minimum absolute atomic E-state index is 0.164. The highest BCUT2D eigenvalue weighted by Gasteiger charge is 2.39. The molecule has 0 aromatic heterocycles. The van der Waals surface area contributed by atoms with Gasteiger partial charge in [-0.05, 0) is 71.4 Å². The Balaban J connectivity index is 2.37. The van der Waals surface area contributed by atoms with E-state index in [1.165, 1.54) is 18.3 Å². The molecule has 0 aliphatic rings. The van der Waals surface area contributed by atoms with Crippen LogP contribution in [0.5, 0.6) is 0 Å². The summed E-state index contributed by atoms with van der Waals surface area (Å²) in [5.74, 6) is -3.29. The van der Waals surface area contributed by atoms with Crippen LogP contribution < -0.4 is 26.3 Å². The van der Waals surface area contributed by atoms with Crippen molar-refractivity contribution >= 4 is 53.5 Å². The van der Waals surface area contributed by atoms with Crippen molar-refractivity contribution in [3.8, 4) is 0 Å². The number of esters is 2. The van der Waals surface area contributed by atoms with E-state index in [9.17, 15) is 28.8 Å². The predicted octanol–water partition coefficient (Wildman–Crippen LogP) is 3.44. The quantitative estimate of drug-likeness (QED) is 0.0923. The summed E-state index contributed by atoms with van der Waals surface area (Å²) in [7, 11) is 1.13. The molecule has 5 amide bonds. The number of carbonyl (C=O) groups is 6. The largest absolute Gasteiger partial charge is 0.469 e. The van der Waals surface area contributed by atoms with Gasteiger partial charge in [-0.3, -0.25) is 19.3 Å². The van der Waals surface area contributed by atoms with Gasteiger partial charge in [-0.15, -0.1) is 0 Å². The predicted molar refractivity (Wildman–Crippen MR) is 173 cm³/mol. The minimum atomic E-state index is -1.75. The summed E-state index contributed by atoms with van der Waals surface area (Å²) in [6, 6.07) is 11.9. The molecule has 2 aromatic carbocycles. The lowest BCUT2D eigenvalue weighted by Crippen LogP contribution is -2.61. The van der Waals surface area contributed by atoms with Crippen molar-refractivity contribution in [1.82, 2.24) is 16.1 Å². The number of urea groups is 1. The Kier molecular flexibility index (Phi) is 13.4. The van der Waals surface area contributed by atoms with Crippen molar-refractivity contribution < 1.29 is 43.0 Å². The zero-order valence-corrected chi connectivity index (χ0v) is 27.7. The van der Waals surface area contributed by atoms with E-state index in [1.807, 2.05) is 0 Å². The second-order valence-corrected chi connectivity index (χ2v) is 12.1. The van der Waals surface area contributed by atoms with Gasteiger partial charge >= 0.3 is 24.1 Å². The van der Waals surface area contributed by atoms with E-state index in [1.54, 1.807) is 84.0 Å². The van der Waals surface area contributed by atoms with Crippen LogP contribution in [-0.2, 0) is 33.4 Å². The molecule has 0 aliphatic heterocycles. The minimum Gasteiger partial charge on any atom is -0.469 e. The number of benzene rings is 2. The van der Waals surface area contributed by atoms with Crippen LogP contribution in [0, 0.1) is 0 Å². The van der Waals surface area contributed by atoms with Gasteiger partial charge in [-0.25, -0.2) is 19.8 Å². The van der Waals surface area contributed by atoms with E-state index in [-0.39, 0.29) is 5.69 Å². The van der Waals surface area contributed by atoms with Crippen molar-refractivity contribution in [2.45, 2.75) is 78.3 Å². The van der Waals surface area contributed by atoms with Gasteiger partial charge in [0.15, 0.2) is 0 Å². The van der Waals surface area contributed by atoms with Crippen molar-refractivity contribution in [2.75, 3.05) is 17.3 Å². The Morgan fingerprint density at radius 1 is 0.851 bits per heavy atom. The fourth-order valence-corrected chi connectivity index (χ4v) is 3.85. The van der Waals surface area contributed by atoms with Crippen LogP contribution in [0.25, 0.3) is 0 Å². The number of rotatable bonds is 11. The molecule has 0 unspecified atom stereocenters. The number of carbonyl (C=O) groups excluding carboxylic acids is 6. The number of nitrogens with one attached hydrogen (secondary N) is 4. The van der Waals surface area contributed by atoms with Gasteiger partial charge in [0.2, 0.25) is 12.1 Å². The van der Waals surface area contributed by atoms with Crippen LogP contribution in [0.3, 0.4) is 0 Å². The molecule has 0 saturated heterocycles. The van der Waals surface area contributed by atoms with Crippen molar-refractivity contribution in [3.05, 3.63) is 60.2 Å². The molecule has 0 fully saturated rings. The first-order valence-electron chi connectivity index (χ1n) is 14.5. The molecule has 47 heavy (non-hydrogen) atoms. The summed E-state index contributed by atoms with van der Waals surface area (Å²) in [6.07, 6.45) is -1.65. The molecule has 15 nitrogen and oxygen atoms in total. The molecule has 0 radical (unpaired) electrons. The molecule has 2 rings (SSSR count). The average molecular weight is 655 g/mol. The van der Waals surface area contributed by atoms with Crippen molar-refractivity contribution in [1.29, 1.82) is 0 Å². The van der Waals surface area contributed by atoms with Crippen LogP contribution in [0.1, 0.15) is 60.5 Å². The maximum atomic E-state index is 14.0. The molecule has 0 saturated carbocycles. The third-order valence-electron chi connectivity index (χ3n) is 5.64. The van der Waals surface area contributed by atoms with E-state index < -0.39 is 65.7 Å². The van der Waals surface area contributed by atoms with Gasteiger partial charge in [0, 0.05) is 18.3 Å². The first kappa shape index (κ1) is 37.7. The van der Waals surface area contributed by atoms with Crippen molar-refractivity contribution in [2.24, 2.45) is 5.10 Å². The molecule has 0 aliphatic carbocycles. The van der Waals surface area contributed by atoms with Gasteiger partial charge in [-0.2, -0.15) is 5.10 Å². The Hall–Kier alpha value is -5.47. The summed E-state index contributed by atoms with van der Waals surface area (Å²) in [4.78, 5) is 77.7. The number of ether oxygens (including phenoxy) is 3. The number of para-hydroxylation sites is 1. The molecule has 2 atom stereocenters. The van der Waals surface area contributed by atoms with E-state index in [4.69, 9.17) is 14.2 Å². The summed E-state index contributed by atoms with van der Waals surface area (Å²) < 4.78 is 15.4. The molecule has 254 valence electrons. The number of hydrazone groups is 1. The highest BCUT2D eigenvalue weighted by Crippen LogP contribution is 2.21. The van der Waals surface area contributed by atoms with Crippen LogP contribution in [-0.4, -0.2) is 72.6 Å². The second kappa shape index (κ2) is 16.7. The lowest BCUT2D eigenvalue weighted by atomic mass is 10.1. The summed E-state index contributed by atoms with van der Waals surface area (Å²) in [5, 5.41) is 11.3. The fraction of sp³-hybridized carbons (Fsp3) is 0.406. The van der Waals surface area contributed by atoms with Crippen LogP contribution >= 0.6 is 0 Å². The van der Waals surface area contributed by atoms with Gasteiger partial charge in [0.05, 0.1) is 19.7 Å². The average Bonchev–Trinajstić information content (AvgIpc) is 2.95. The molecule has 0 bridgehead atoms. The molecular weight excluding hydrogens is 612 g/mol. The molecule has 0 heterocycles. The van der Waals surface area contributed by atoms with Crippen LogP contribution in [0.4, 0.5) is 21.0 Å². The first-order valence-corrected chi connectivity index (χ1v) is 14.5. The van der Waals surface area contributed by atoms with Crippen molar-refractivity contribution in [3.63, 3.8) is 0 Å². The number of anilines is 2. The second-order valence-electron chi connectivity index (χ2n) is 12.1. The number of hydrogen-bond donors (Lipinski definition) is 4. The Morgan fingerprint density at radius 3 is 1.98 bits per heavy atom. The highest BCUT2D eigenvalue weighted by atomic mass is 16.6. The lowest BCUT2D eigenvalue weighted by Gasteiger charge is -2.34. The van der Waals surface area contributed by atoms with Gasteiger partial charge in [-0.1, -0.05) is 30.3 Å². The highest BCUT2D eigenvalue weighted by molar-refractivity contribution is 6.06. The topological polar surface area (TPSA) is 194 Å². The lowest BCUT2D eigenvalue weighted by molar-refractivity contribution is -0.158. The monoisotopic (exact) mass is 654 g/mol. The smallest absolute Gasteiger partial charge is 0.428 e. The van der Waals surface area contributed by atoms with E-state index in [0.29, 0.717) is 11.3 Å². The Bertz CT molecular complexity index is 1450. The zero-order chi connectivity index (χ0) is 35.4. The first-order chi connectivity index (χ1) is 21.9. The maximum Gasteiger partial charge on any atom is 0.428 e. The number of hydrogen-bond acceptors (Lipinski definition) is 10. The summed E-state index contributed by atoms with van der Waals surface area (Å²) >= 11 is 0. The number of nitrogens with zero attached hydrogens (tertiary/aromatic N) is 2. The summed E-state index contributed by atoms with van der Waals surface area (Å²) in [6.45, 7) is 11.2. The molecule has 0 spiro atoms. The maximum absolute atomic E-state index is 14.0. The van der Waals surface area contributed by atoms with Gasteiger partial charge in [0.1, 0.15) is 17.2 Å². The molecule has 4 N–H and O–H groups in total. The Labute approximate surface area is 273 Å². The van der Waals surface area contributed by atoms with Crippen LogP contribution in [0.15, 0.2) is 59.7 Å². The van der Waals surface area contributed by atoms with E-state index in [0.717, 1.165) is 18.9 Å². The molecule has 2 aromatic rings. The van der Waals surface area contributed by atoms with E-state index >= 15 is 0 Å². The number of amides is 5. The summed E-state index contributed by atoms with van der Waals surface area (Å²) in [5.41, 5.74) is 1.60. The molecular formula is C32H42N6O9. The van der Waals surface area contributed by atoms with Crippen LogP contribution in [0.2, 0.25) is 0 Å². The third kappa shape index (κ3) is 13.6. The Morgan fingerprint density at radius 2 is 1.45 bits per heavy atom. The zero-order valence-electron chi connectivity index (χ0n) is 27.7. The SMILES string of the molecule is COC(=O)C[C@H](NC(C)=O)C(=O)N(c1ccccc1)[C@@H](NC(=O)Nc1ccc(C=NNC(=O)OC(C)(C)C)cc1)C(=O)OC(C)(C)C. The van der Waals surface area contributed by atoms with E-state index in [2.05, 4.69) is 26.5 Å². The molecule has 15 heteroatoms. The standard InChI is InChI=1S/C32H42N6O9/c1-20(39)34-24(18-25(40)45-8)27(41)38(23-12-10-9-11-13-23)26(28(42)46-31(2,3)4)36-29(43)35-22-16-14-21(15-17-22)19-33-37-30(44)47-32(5,6)7/h9-17,19,24,26H,18H2,1-8H3,(H,34,39)(H,37,44)(H2,35,36,43)/t24-,26+/m0/s1. The fourth-order valence-electron chi connectivity index (χ4n) is 3.85. The van der Waals surface area contributed by atoms with Gasteiger partial charge in [0.25, 0.3) is 5.91 Å². The number of methoxy groups -OCH3 is 1. The normalized spacial score (nSPS) is 12.6. The third-order valence-corrected chi connectivity index (χ3v) is 5.64.